The van der Waals surface area contributed by atoms with Crippen molar-refractivity contribution >= 4 is 11.6 Å². The highest BCUT2D eigenvalue weighted by Gasteiger charge is 2.37. The van der Waals surface area contributed by atoms with Crippen LogP contribution in [0, 0.1) is 10.8 Å². The zero-order chi connectivity index (χ0) is 37.2. The Morgan fingerprint density at radius 2 is 0.812 bits per heavy atom. The number of hydrogen-bond acceptors (Lipinski definition) is 4. The Morgan fingerprint density at radius 1 is 0.542 bits per heavy atom. The number of allylic oxidation sites excluding steroid dienone is 20. The summed E-state index contributed by atoms with van der Waals surface area (Å²) in [6.45, 7) is 28.0. The van der Waals surface area contributed by atoms with Gasteiger partial charge >= 0.3 is 0 Å². The van der Waals surface area contributed by atoms with Gasteiger partial charge in [0.25, 0.3) is 0 Å². The second-order valence-electron chi connectivity index (χ2n) is 13.4. The van der Waals surface area contributed by atoms with Gasteiger partial charge in [0.15, 0.2) is 11.6 Å². The van der Waals surface area contributed by atoms with Crippen LogP contribution in [0.2, 0.25) is 0 Å². The SMILES string of the molecule is CC.CC.CC1=C(/C=C/C(C)=C/C=C/C(C)=C/C=C/C=C(C)/C=C/C=C(C)/C=C/C2=C(C)C(=O)C(O)CC2(C)C)C(C)(C)CC(O)C1=O. The molecule has 4 heteroatoms. The fourth-order valence-electron chi connectivity index (χ4n) is 5.62. The molecular weight excluding hydrogens is 592 g/mol. The van der Waals surface area contributed by atoms with Crippen molar-refractivity contribution in [2.75, 3.05) is 0 Å². The molecule has 2 aliphatic rings. The van der Waals surface area contributed by atoms with E-state index in [9.17, 15) is 19.8 Å². The molecule has 0 aromatic carbocycles. The minimum atomic E-state index is -0.907. The molecule has 0 radical (unpaired) electrons. The maximum absolute atomic E-state index is 12.2. The maximum atomic E-state index is 12.2. The fourth-order valence-corrected chi connectivity index (χ4v) is 5.62. The number of rotatable bonds is 10. The van der Waals surface area contributed by atoms with Gasteiger partial charge < -0.3 is 10.2 Å². The summed E-state index contributed by atoms with van der Waals surface area (Å²) in [6, 6.07) is 0. The van der Waals surface area contributed by atoms with Crippen LogP contribution < -0.4 is 0 Å². The van der Waals surface area contributed by atoms with Crippen LogP contribution in [0.3, 0.4) is 0 Å². The van der Waals surface area contributed by atoms with Gasteiger partial charge in [-0.3, -0.25) is 9.59 Å². The number of ketones is 2. The highest BCUT2D eigenvalue weighted by Crippen LogP contribution is 2.40. The topological polar surface area (TPSA) is 74.6 Å². The van der Waals surface area contributed by atoms with Crippen molar-refractivity contribution in [3.05, 3.63) is 130 Å². The first-order valence-electron chi connectivity index (χ1n) is 17.4. The van der Waals surface area contributed by atoms with Gasteiger partial charge in [-0.15, -0.1) is 0 Å². The first-order valence-corrected chi connectivity index (χ1v) is 17.4. The molecule has 2 aliphatic carbocycles. The Morgan fingerprint density at radius 3 is 1.12 bits per heavy atom. The lowest BCUT2D eigenvalue weighted by atomic mass is 9.71. The summed E-state index contributed by atoms with van der Waals surface area (Å²) < 4.78 is 0. The molecule has 0 fully saturated rings. The van der Waals surface area contributed by atoms with Crippen molar-refractivity contribution in [2.24, 2.45) is 10.8 Å². The molecular formula is C44H64O4. The van der Waals surface area contributed by atoms with Gasteiger partial charge in [0.05, 0.1) is 0 Å². The third-order valence-electron chi connectivity index (χ3n) is 8.31. The number of Topliss-reactive ketones (excluding diaryl/α,β-unsaturated/α-hetero) is 2. The number of aliphatic hydroxyl groups is 2. The second kappa shape index (κ2) is 21.4. The third kappa shape index (κ3) is 14.3. The Balaban J connectivity index is 0.00000531. The summed E-state index contributed by atoms with van der Waals surface area (Å²) in [5.74, 6) is -0.350. The molecule has 0 saturated heterocycles. The minimum absolute atomic E-state index is 0.175. The number of hydrogen-bond donors (Lipinski definition) is 2. The molecule has 48 heavy (non-hydrogen) atoms. The van der Waals surface area contributed by atoms with Crippen LogP contribution in [-0.2, 0) is 9.59 Å². The Labute approximate surface area is 293 Å². The summed E-state index contributed by atoms with van der Waals surface area (Å²) in [5.41, 5.74) is 7.16. The first-order chi connectivity index (χ1) is 22.5. The third-order valence-corrected chi connectivity index (χ3v) is 8.31. The summed E-state index contributed by atoms with van der Waals surface area (Å²) in [7, 11) is 0. The van der Waals surface area contributed by atoms with Gasteiger partial charge in [-0.1, -0.05) is 163 Å². The fraction of sp³-hybridized carbons (Fsp3) is 0.455. The van der Waals surface area contributed by atoms with Crippen LogP contribution in [0.25, 0.3) is 0 Å². The van der Waals surface area contributed by atoms with Crippen molar-refractivity contribution in [1.29, 1.82) is 0 Å². The van der Waals surface area contributed by atoms with E-state index in [2.05, 4.69) is 65.8 Å². The number of carbonyl (C=O) groups excluding carboxylic acids is 2. The molecule has 2 rings (SSSR count). The van der Waals surface area contributed by atoms with E-state index in [0.29, 0.717) is 24.0 Å². The Kier molecular flexibility index (Phi) is 19.8. The average molecular weight is 657 g/mol. The molecule has 2 N–H and O–H groups in total. The minimum Gasteiger partial charge on any atom is -0.385 e. The van der Waals surface area contributed by atoms with Crippen LogP contribution in [0.15, 0.2) is 130 Å². The molecule has 0 aromatic rings. The largest absolute Gasteiger partial charge is 0.385 e. The van der Waals surface area contributed by atoms with Gasteiger partial charge in [0.1, 0.15) is 12.2 Å². The van der Waals surface area contributed by atoms with E-state index < -0.39 is 12.2 Å². The van der Waals surface area contributed by atoms with E-state index in [0.717, 1.165) is 33.4 Å². The summed E-state index contributed by atoms with van der Waals surface area (Å²) >= 11 is 0. The zero-order valence-corrected chi connectivity index (χ0v) is 32.4. The molecule has 2 unspecified atom stereocenters. The molecule has 0 amide bonds. The highest BCUT2D eigenvalue weighted by molar-refractivity contribution is 6.01. The van der Waals surface area contributed by atoms with Crippen LogP contribution in [0.5, 0.6) is 0 Å². The van der Waals surface area contributed by atoms with E-state index >= 15 is 0 Å². The van der Waals surface area contributed by atoms with Gasteiger partial charge in [-0.05, 0) is 87.5 Å². The van der Waals surface area contributed by atoms with Crippen LogP contribution in [0.1, 0.15) is 110 Å². The molecule has 2 atom stereocenters. The molecule has 264 valence electrons. The van der Waals surface area contributed by atoms with Crippen LogP contribution >= 0.6 is 0 Å². The number of aliphatic hydroxyl groups excluding tert-OH is 2. The summed E-state index contributed by atoms with van der Waals surface area (Å²) in [4.78, 5) is 24.5. The van der Waals surface area contributed by atoms with Crippen LogP contribution in [0.4, 0.5) is 0 Å². The zero-order valence-electron chi connectivity index (χ0n) is 32.4. The lowest BCUT2D eigenvalue weighted by Crippen LogP contribution is -2.35. The van der Waals surface area contributed by atoms with E-state index in [1.54, 1.807) is 13.8 Å². The van der Waals surface area contributed by atoms with E-state index in [-0.39, 0.29) is 22.4 Å². The maximum Gasteiger partial charge on any atom is 0.187 e. The predicted molar refractivity (Wildman–Crippen MR) is 208 cm³/mol. The van der Waals surface area contributed by atoms with Crippen molar-refractivity contribution < 1.29 is 19.8 Å². The quantitative estimate of drug-likeness (QED) is 0.230. The van der Waals surface area contributed by atoms with Gasteiger partial charge in [-0.25, -0.2) is 0 Å². The average Bonchev–Trinajstić information content (AvgIpc) is 3.02. The normalized spacial score (nSPS) is 22.8. The highest BCUT2D eigenvalue weighted by atomic mass is 16.3. The molecule has 0 saturated carbocycles. The molecule has 0 aliphatic heterocycles. The lowest BCUT2D eigenvalue weighted by molar-refractivity contribution is -0.126. The summed E-state index contributed by atoms with van der Waals surface area (Å²) in [5, 5.41) is 20.0. The molecule has 4 nitrogen and oxygen atoms in total. The van der Waals surface area contributed by atoms with E-state index in [1.165, 1.54) is 0 Å². The van der Waals surface area contributed by atoms with Crippen molar-refractivity contribution in [3.63, 3.8) is 0 Å². The Bertz CT molecular complexity index is 1340. The van der Waals surface area contributed by atoms with Crippen molar-refractivity contribution in [1.82, 2.24) is 0 Å². The van der Waals surface area contributed by atoms with E-state index in [4.69, 9.17) is 0 Å². The van der Waals surface area contributed by atoms with Crippen molar-refractivity contribution in [3.8, 4) is 0 Å². The molecule has 0 spiro atoms. The lowest BCUT2D eigenvalue weighted by Gasteiger charge is -2.34. The smallest absolute Gasteiger partial charge is 0.187 e. The molecule has 0 heterocycles. The first kappa shape index (κ1) is 44.4. The van der Waals surface area contributed by atoms with Gasteiger partial charge in [-0.2, -0.15) is 0 Å². The predicted octanol–water partition coefficient (Wildman–Crippen LogP) is 11.0. The van der Waals surface area contributed by atoms with E-state index in [1.807, 2.05) is 102 Å². The number of carbonyl (C=O) groups is 2. The van der Waals surface area contributed by atoms with Crippen LogP contribution in [-0.4, -0.2) is 34.0 Å². The van der Waals surface area contributed by atoms with Gasteiger partial charge in [0.2, 0.25) is 0 Å². The monoisotopic (exact) mass is 656 g/mol. The standard InChI is InChI=1S/C40H52O4.2C2H6/c1-27(17-13-19-29(3)21-23-33-31(5)37(43)35(41)25-39(33,7)8)15-11-12-16-28(2)18-14-20-30(4)22-24-34-32(6)38(44)36(42)26-40(34,9)10;2*1-2/h11-24,35-36,41-42H,25-26H2,1-10H3;2*1-2H3/b12-11+,17-13+,18-14+,23-21+,24-22+,27-15+,28-16+,29-19+,30-20+;;. The second-order valence-corrected chi connectivity index (χ2v) is 13.4. The summed E-state index contributed by atoms with van der Waals surface area (Å²) in [6.07, 6.45) is 27.5. The Hall–Kier alpha value is -3.60. The molecule has 0 aromatic heterocycles. The van der Waals surface area contributed by atoms with Gasteiger partial charge in [0, 0.05) is 0 Å². The molecule has 0 bridgehead atoms. The van der Waals surface area contributed by atoms with Crippen molar-refractivity contribution in [2.45, 2.75) is 122 Å².